The van der Waals surface area contributed by atoms with Crippen LogP contribution in [0.4, 0.5) is 0 Å². The largest absolute Gasteiger partial charge is 0.497 e. The summed E-state index contributed by atoms with van der Waals surface area (Å²) in [5, 5.41) is 3.14. The van der Waals surface area contributed by atoms with Crippen molar-refractivity contribution in [1.29, 1.82) is 0 Å². The Morgan fingerprint density at radius 2 is 2.17 bits per heavy atom. The van der Waals surface area contributed by atoms with E-state index in [4.69, 9.17) is 15.2 Å². The van der Waals surface area contributed by atoms with Crippen molar-refractivity contribution in [3.05, 3.63) is 29.3 Å². The van der Waals surface area contributed by atoms with Crippen molar-refractivity contribution < 1.29 is 14.3 Å². The predicted molar refractivity (Wildman–Crippen MR) is 93.2 cm³/mol. The molecule has 0 bridgehead atoms. The van der Waals surface area contributed by atoms with Crippen LogP contribution in [-0.4, -0.2) is 38.8 Å². The third-order valence-electron chi connectivity index (χ3n) is 5.72. The van der Waals surface area contributed by atoms with E-state index in [1.54, 1.807) is 14.2 Å². The molecule has 5 heteroatoms. The first-order valence-corrected chi connectivity index (χ1v) is 8.80. The van der Waals surface area contributed by atoms with Crippen molar-refractivity contribution in [3.8, 4) is 5.75 Å². The molecule has 0 aliphatic heterocycles. The van der Waals surface area contributed by atoms with Gasteiger partial charge in [0.25, 0.3) is 0 Å². The second-order valence-electron chi connectivity index (χ2n) is 7.10. The molecule has 5 nitrogen and oxygen atoms in total. The number of carbonyl (C=O) groups is 1. The minimum absolute atomic E-state index is 0.0347. The van der Waals surface area contributed by atoms with Gasteiger partial charge in [0, 0.05) is 32.0 Å². The number of fused-ring (bicyclic) bond motifs is 1. The first kappa shape index (κ1) is 17.2. The fourth-order valence-electron chi connectivity index (χ4n) is 4.04. The van der Waals surface area contributed by atoms with Gasteiger partial charge in [-0.05, 0) is 55.4 Å². The summed E-state index contributed by atoms with van der Waals surface area (Å²) in [5.41, 5.74) is 8.16. The standard InChI is InChI=1S/C19H28N2O3/c1-23-16-6-7-17-13(8-16)4-3-5-14(17)11-21-18(22)15-9-19(10-15,12-20)24-2/h6-8,14-15H,3-5,9-12,20H2,1-2H3,(H,21,22). The number of amides is 1. The number of rotatable bonds is 6. The molecule has 0 saturated heterocycles. The van der Waals surface area contributed by atoms with Gasteiger partial charge in [-0.1, -0.05) is 6.07 Å². The Morgan fingerprint density at radius 3 is 2.83 bits per heavy atom. The fourth-order valence-corrected chi connectivity index (χ4v) is 4.04. The molecule has 1 amide bonds. The topological polar surface area (TPSA) is 73.6 Å². The first-order valence-electron chi connectivity index (χ1n) is 8.80. The van der Waals surface area contributed by atoms with Crippen molar-refractivity contribution in [2.75, 3.05) is 27.3 Å². The van der Waals surface area contributed by atoms with Gasteiger partial charge in [0.2, 0.25) is 5.91 Å². The number of aryl methyl sites for hydroxylation is 1. The molecule has 24 heavy (non-hydrogen) atoms. The normalized spacial score (nSPS) is 28.6. The Labute approximate surface area is 143 Å². The van der Waals surface area contributed by atoms with E-state index in [-0.39, 0.29) is 17.4 Å². The summed E-state index contributed by atoms with van der Waals surface area (Å²) in [7, 11) is 3.37. The summed E-state index contributed by atoms with van der Waals surface area (Å²) in [6.07, 6.45) is 4.82. The average molecular weight is 332 g/mol. The number of benzene rings is 1. The number of nitrogens with two attached hydrogens (primary N) is 1. The van der Waals surface area contributed by atoms with Gasteiger partial charge in [-0.3, -0.25) is 4.79 Å². The van der Waals surface area contributed by atoms with Gasteiger partial charge in [-0.15, -0.1) is 0 Å². The van der Waals surface area contributed by atoms with E-state index in [9.17, 15) is 4.79 Å². The number of ether oxygens (including phenoxy) is 2. The highest BCUT2D eigenvalue weighted by Crippen LogP contribution is 2.40. The molecular formula is C19H28N2O3. The zero-order valence-corrected chi connectivity index (χ0v) is 14.6. The summed E-state index contributed by atoms with van der Waals surface area (Å²) in [5.74, 6) is 1.47. The summed E-state index contributed by atoms with van der Waals surface area (Å²) in [4.78, 5) is 12.4. The van der Waals surface area contributed by atoms with Crippen molar-refractivity contribution in [2.24, 2.45) is 11.7 Å². The van der Waals surface area contributed by atoms with Crippen LogP contribution in [0.1, 0.15) is 42.7 Å². The van der Waals surface area contributed by atoms with Gasteiger partial charge in [-0.2, -0.15) is 0 Å². The van der Waals surface area contributed by atoms with Crippen LogP contribution in [-0.2, 0) is 16.0 Å². The lowest BCUT2D eigenvalue weighted by Crippen LogP contribution is -2.55. The summed E-state index contributed by atoms with van der Waals surface area (Å²) < 4.78 is 10.8. The third kappa shape index (κ3) is 3.28. The van der Waals surface area contributed by atoms with Crippen LogP contribution in [0.15, 0.2) is 18.2 Å². The van der Waals surface area contributed by atoms with Crippen LogP contribution in [0.25, 0.3) is 0 Å². The molecule has 3 rings (SSSR count). The van der Waals surface area contributed by atoms with Crippen molar-refractivity contribution >= 4 is 5.91 Å². The van der Waals surface area contributed by atoms with Crippen LogP contribution in [0.5, 0.6) is 5.75 Å². The molecule has 1 fully saturated rings. The molecule has 0 radical (unpaired) electrons. The Kier molecular flexibility index (Phi) is 5.11. The molecule has 0 heterocycles. The second-order valence-corrected chi connectivity index (χ2v) is 7.10. The van der Waals surface area contributed by atoms with E-state index >= 15 is 0 Å². The number of methoxy groups -OCH3 is 2. The zero-order chi connectivity index (χ0) is 17.2. The van der Waals surface area contributed by atoms with Gasteiger partial charge >= 0.3 is 0 Å². The number of hydrogen-bond acceptors (Lipinski definition) is 4. The maximum atomic E-state index is 12.4. The van der Waals surface area contributed by atoms with Crippen LogP contribution >= 0.6 is 0 Å². The van der Waals surface area contributed by atoms with Crippen LogP contribution in [0.3, 0.4) is 0 Å². The number of nitrogens with one attached hydrogen (secondary N) is 1. The highest BCUT2D eigenvalue weighted by molar-refractivity contribution is 5.80. The van der Waals surface area contributed by atoms with Gasteiger partial charge in [-0.25, -0.2) is 0 Å². The Morgan fingerprint density at radius 1 is 1.38 bits per heavy atom. The molecule has 1 saturated carbocycles. The minimum Gasteiger partial charge on any atom is -0.497 e. The highest BCUT2D eigenvalue weighted by atomic mass is 16.5. The number of carbonyl (C=O) groups excluding carboxylic acids is 1. The maximum Gasteiger partial charge on any atom is 0.223 e. The molecule has 0 spiro atoms. The molecule has 3 N–H and O–H groups in total. The first-order chi connectivity index (χ1) is 11.6. The minimum atomic E-state index is -0.282. The maximum absolute atomic E-state index is 12.4. The molecule has 1 aromatic carbocycles. The fraction of sp³-hybridized carbons (Fsp3) is 0.632. The summed E-state index contributed by atoms with van der Waals surface area (Å²) >= 11 is 0. The molecule has 2 aliphatic rings. The van der Waals surface area contributed by atoms with Crippen molar-refractivity contribution in [1.82, 2.24) is 5.32 Å². The van der Waals surface area contributed by atoms with Gasteiger partial charge in [0.15, 0.2) is 0 Å². The molecule has 1 atom stereocenters. The Hall–Kier alpha value is -1.59. The summed E-state index contributed by atoms with van der Waals surface area (Å²) in [6, 6.07) is 6.29. The van der Waals surface area contributed by atoms with Gasteiger partial charge < -0.3 is 20.5 Å². The number of hydrogen-bond donors (Lipinski definition) is 2. The van der Waals surface area contributed by atoms with E-state index in [1.807, 2.05) is 6.07 Å². The van der Waals surface area contributed by atoms with Crippen LogP contribution < -0.4 is 15.8 Å². The third-order valence-corrected chi connectivity index (χ3v) is 5.72. The van der Waals surface area contributed by atoms with E-state index < -0.39 is 0 Å². The highest BCUT2D eigenvalue weighted by Gasteiger charge is 2.46. The smallest absolute Gasteiger partial charge is 0.223 e. The lowest BCUT2D eigenvalue weighted by molar-refractivity contribution is -0.145. The monoisotopic (exact) mass is 332 g/mol. The van der Waals surface area contributed by atoms with E-state index in [2.05, 4.69) is 17.4 Å². The molecule has 0 aromatic heterocycles. The molecule has 1 aromatic rings. The lowest BCUT2D eigenvalue weighted by atomic mass is 9.70. The second kappa shape index (κ2) is 7.11. The van der Waals surface area contributed by atoms with Gasteiger partial charge in [0.05, 0.1) is 12.7 Å². The average Bonchev–Trinajstić information content (AvgIpc) is 2.59. The summed E-state index contributed by atoms with van der Waals surface area (Å²) in [6.45, 7) is 1.18. The predicted octanol–water partition coefficient (Wildman–Crippen LogP) is 1.99. The molecule has 1 unspecified atom stereocenters. The van der Waals surface area contributed by atoms with Crippen LogP contribution in [0.2, 0.25) is 0 Å². The molecule has 2 aliphatic carbocycles. The Bertz CT molecular complexity index is 590. The quantitative estimate of drug-likeness (QED) is 0.835. The molecule has 132 valence electrons. The van der Waals surface area contributed by atoms with E-state index in [0.717, 1.165) is 37.9 Å². The lowest BCUT2D eigenvalue weighted by Gasteiger charge is -2.45. The molecular weight excluding hydrogens is 304 g/mol. The SMILES string of the molecule is COc1ccc2c(c1)CCCC2CNC(=O)C1CC(CN)(OC)C1. The van der Waals surface area contributed by atoms with E-state index in [0.29, 0.717) is 19.0 Å². The van der Waals surface area contributed by atoms with Gasteiger partial charge in [0.1, 0.15) is 5.75 Å². The zero-order valence-electron chi connectivity index (χ0n) is 14.6. The van der Waals surface area contributed by atoms with Crippen LogP contribution in [0, 0.1) is 5.92 Å². The van der Waals surface area contributed by atoms with E-state index in [1.165, 1.54) is 11.1 Å². The van der Waals surface area contributed by atoms with Crippen molar-refractivity contribution in [3.63, 3.8) is 0 Å². The Balaban J connectivity index is 1.56. The van der Waals surface area contributed by atoms with Crippen molar-refractivity contribution in [2.45, 2.75) is 43.6 Å².